The van der Waals surface area contributed by atoms with Crippen LogP contribution in [0.25, 0.3) is 5.69 Å². The molecule has 0 spiro atoms. The molecule has 6 heteroatoms. The second kappa shape index (κ2) is 4.45. The molecule has 0 aliphatic heterocycles. The van der Waals surface area contributed by atoms with Gasteiger partial charge in [-0.2, -0.15) is 18.3 Å². The van der Waals surface area contributed by atoms with E-state index in [-0.39, 0.29) is 0 Å². The molecule has 1 N–H and O–H groups in total. The standard InChI is InChI=1S/C12H11F3N2O/c1-8(18)9-2-4-11(5-3-9)17-7-10(6-16-17)12(13,14)15/h2-8,18H,1H3/t8-/m0/s1. The number of nitrogens with zero attached hydrogens (tertiary/aromatic N) is 2. The first-order chi connectivity index (χ1) is 8.38. The average Bonchev–Trinajstić information content (AvgIpc) is 2.78. The SMILES string of the molecule is C[C@H](O)c1ccc(-n2cc(C(F)(F)F)cn2)cc1. The molecule has 0 radical (unpaired) electrons. The van der Waals surface area contributed by atoms with Crippen LogP contribution in [0.4, 0.5) is 13.2 Å². The van der Waals surface area contributed by atoms with Gasteiger partial charge in [-0.25, -0.2) is 4.68 Å². The molecular formula is C12H11F3N2O. The van der Waals surface area contributed by atoms with E-state index in [4.69, 9.17) is 0 Å². The summed E-state index contributed by atoms with van der Waals surface area (Å²) in [6, 6.07) is 6.51. The molecule has 0 fully saturated rings. The van der Waals surface area contributed by atoms with Gasteiger partial charge >= 0.3 is 6.18 Å². The molecule has 0 bridgehead atoms. The summed E-state index contributed by atoms with van der Waals surface area (Å²) in [6.45, 7) is 1.62. The van der Waals surface area contributed by atoms with Crippen molar-refractivity contribution in [1.29, 1.82) is 0 Å². The monoisotopic (exact) mass is 256 g/mol. The molecule has 1 heterocycles. The Morgan fingerprint density at radius 3 is 2.28 bits per heavy atom. The van der Waals surface area contributed by atoms with Crippen LogP contribution in [-0.4, -0.2) is 14.9 Å². The topological polar surface area (TPSA) is 38.0 Å². The summed E-state index contributed by atoms with van der Waals surface area (Å²) in [5, 5.41) is 13.0. The number of aliphatic hydroxyl groups is 1. The van der Waals surface area contributed by atoms with E-state index < -0.39 is 17.8 Å². The number of aromatic nitrogens is 2. The minimum Gasteiger partial charge on any atom is -0.389 e. The number of rotatable bonds is 2. The number of hydrogen-bond acceptors (Lipinski definition) is 2. The van der Waals surface area contributed by atoms with E-state index in [1.54, 1.807) is 31.2 Å². The number of benzene rings is 1. The molecule has 0 saturated heterocycles. The normalized spacial score (nSPS) is 13.6. The summed E-state index contributed by atoms with van der Waals surface area (Å²) < 4.78 is 38.3. The van der Waals surface area contributed by atoms with Crippen molar-refractivity contribution in [3.8, 4) is 5.69 Å². The van der Waals surface area contributed by atoms with Crippen molar-refractivity contribution >= 4 is 0 Å². The first-order valence-corrected chi connectivity index (χ1v) is 5.28. The molecule has 2 aromatic rings. The van der Waals surface area contributed by atoms with Crippen LogP contribution in [0.1, 0.15) is 24.2 Å². The van der Waals surface area contributed by atoms with Crippen molar-refractivity contribution in [2.24, 2.45) is 0 Å². The van der Waals surface area contributed by atoms with E-state index in [0.29, 0.717) is 11.3 Å². The Balaban J connectivity index is 2.29. The van der Waals surface area contributed by atoms with Crippen LogP contribution in [-0.2, 0) is 6.18 Å². The van der Waals surface area contributed by atoms with Gasteiger partial charge in [0.05, 0.1) is 23.6 Å². The number of halogens is 3. The van der Waals surface area contributed by atoms with Crippen LogP contribution in [0, 0.1) is 0 Å². The molecule has 0 unspecified atom stereocenters. The van der Waals surface area contributed by atoms with Gasteiger partial charge in [-0.1, -0.05) is 12.1 Å². The Hall–Kier alpha value is -1.82. The van der Waals surface area contributed by atoms with Gasteiger partial charge in [0.25, 0.3) is 0 Å². The summed E-state index contributed by atoms with van der Waals surface area (Å²) in [6.07, 6.45) is -3.29. The van der Waals surface area contributed by atoms with E-state index in [9.17, 15) is 18.3 Å². The fourth-order valence-electron chi connectivity index (χ4n) is 1.52. The minimum atomic E-state index is -4.39. The summed E-state index contributed by atoms with van der Waals surface area (Å²) in [4.78, 5) is 0. The molecule has 0 amide bonds. The highest BCUT2D eigenvalue weighted by Gasteiger charge is 2.32. The van der Waals surface area contributed by atoms with Crippen molar-refractivity contribution in [1.82, 2.24) is 9.78 Å². The zero-order chi connectivity index (χ0) is 13.3. The van der Waals surface area contributed by atoms with Crippen LogP contribution in [0.15, 0.2) is 36.7 Å². The Bertz CT molecular complexity index is 529. The molecule has 1 aromatic heterocycles. The molecule has 0 aliphatic carbocycles. The first-order valence-electron chi connectivity index (χ1n) is 5.28. The third-order valence-electron chi connectivity index (χ3n) is 2.55. The van der Waals surface area contributed by atoms with E-state index in [1.165, 1.54) is 0 Å². The van der Waals surface area contributed by atoms with E-state index in [0.717, 1.165) is 17.1 Å². The summed E-state index contributed by atoms with van der Waals surface area (Å²) in [5.74, 6) is 0. The van der Waals surface area contributed by atoms with Crippen LogP contribution in [0.3, 0.4) is 0 Å². The van der Waals surface area contributed by atoms with E-state index >= 15 is 0 Å². The van der Waals surface area contributed by atoms with Crippen molar-refractivity contribution in [2.45, 2.75) is 19.2 Å². The number of alkyl halides is 3. The lowest BCUT2D eigenvalue weighted by Gasteiger charge is -2.06. The Kier molecular flexibility index (Phi) is 3.13. The maximum Gasteiger partial charge on any atom is 0.419 e. The van der Waals surface area contributed by atoms with Gasteiger partial charge in [0, 0.05) is 6.20 Å². The Labute approximate surface area is 101 Å². The Morgan fingerprint density at radius 2 is 1.83 bits per heavy atom. The third-order valence-corrected chi connectivity index (χ3v) is 2.55. The quantitative estimate of drug-likeness (QED) is 0.897. The lowest BCUT2D eigenvalue weighted by molar-refractivity contribution is -0.137. The highest BCUT2D eigenvalue weighted by molar-refractivity contribution is 5.35. The van der Waals surface area contributed by atoms with Gasteiger partial charge < -0.3 is 5.11 Å². The lowest BCUT2D eigenvalue weighted by atomic mass is 10.1. The molecule has 18 heavy (non-hydrogen) atoms. The minimum absolute atomic E-state index is 0.509. The molecule has 96 valence electrons. The highest BCUT2D eigenvalue weighted by Crippen LogP contribution is 2.29. The lowest BCUT2D eigenvalue weighted by Crippen LogP contribution is -2.03. The van der Waals surface area contributed by atoms with Crippen molar-refractivity contribution in [3.63, 3.8) is 0 Å². The molecule has 2 rings (SSSR count). The predicted octanol–water partition coefficient (Wildman–Crippen LogP) is 2.94. The van der Waals surface area contributed by atoms with Crippen LogP contribution >= 0.6 is 0 Å². The van der Waals surface area contributed by atoms with Crippen molar-refractivity contribution < 1.29 is 18.3 Å². The molecule has 1 atom stereocenters. The number of hydrogen-bond donors (Lipinski definition) is 1. The molecule has 3 nitrogen and oxygen atoms in total. The van der Waals surface area contributed by atoms with Crippen LogP contribution < -0.4 is 0 Å². The van der Waals surface area contributed by atoms with Crippen molar-refractivity contribution in [2.75, 3.05) is 0 Å². The maximum atomic E-state index is 12.4. The van der Waals surface area contributed by atoms with Crippen molar-refractivity contribution in [3.05, 3.63) is 47.8 Å². The fourth-order valence-corrected chi connectivity index (χ4v) is 1.52. The van der Waals surface area contributed by atoms with E-state index in [2.05, 4.69) is 5.10 Å². The summed E-state index contributed by atoms with van der Waals surface area (Å²) in [7, 11) is 0. The number of aliphatic hydroxyl groups excluding tert-OH is 1. The maximum absolute atomic E-state index is 12.4. The Morgan fingerprint density at radius 1 is 1.22 bits per heavy atom. The molecule has 0 aliphatic rings. The largest absolute Gasteiger partial charge is 0.419 e. The van der Waals surface area contributed by atoms with E-state index in [1.807, 2.05) is 0 Å². The van der Waals surface area contributed by atoms with Gasteiger partial charge in [0.2, 0.25) is 0 Å². The molecule has 1 aromatic carbocycles. The van der Waals surface area contributed by atoms with Gasteiger partial charge in [-0.3, -0.25) is 0 Å². The smallest absolute Gasteiger partial charge is 0.389 e. The van der Waals surface area contributed by atoms with Gasteiger partial charge in [0.15, 0.2) is 0 Å². The van der Waals surface area contributed by atoms with Gasteiger partial charge in [-0.05, 0) is 24.6 Å². The third kappa shape index (κ3) is 2.53. The zero-order valence-corrected chi connectivity index (χ0v) is 9.52. The second-order valence-electron chi connectivity index (χ2n) is 3.94. The highest BCUT2D eigenvalue weighted by atomic mass is 19.4. The first kappa shape index (κ1) is 12.6. The summed E-state index contributed by atoms with van der Waals surface area (Å²) in [5.41, 5.74) is 0.416. The molecular weight excluding hydrogens is 245 g/mol. The predicted molar refractivity (Wildman–Crippen MR) is 59.2 cm³/mol. The van der Waals surface area contributed by atoms with Crippen LogP contribution in [0.2, 0.25) is 0 Å². The second-order valence-corrected chi connectivity index (χ2v) is 3.94. The van der Waals surface area contributed by atoms with Gasteiger partial charge in [0.1, 0.15) is 0 Å². The van der Waals surface area contributed by atoms with Crippen LogP contribution in [0.5, 0.6) is 0 Å². The summed E-state index contributed by atoms with van der Waals surface area (Å²) >= 11 is 0. The zero-order valence-electron chi connectivity index (χ0n) is 9.52. The average molecular weight is 256 g/mol. The fraction of sp³-hybridized carbons (Fsp3) is 0.250. The van der Waals surface area contributed by atoms with Gasteiger partial charge in [-0.15, -0.1) is 0 Å². The molecule has 0 saturated carbocycles.